The Balaban J connectivity index is 3.09. The number of nitrogens with two attached hydrogens (primary N) is 1. The third-order valence-corrected chi connectivity index (χ3v) is 5.52. The third kappa shape index (κ3) is 11.2. The highest BCUT2D eigenvalue weighted by Gasteiger charge is 2.32. The first kappa shape index (κ1) is 31.8. The molecule has 0 heterocycles. The van der Waals surface area contributed by atoms with Gasteiger partial charge in [-0.25, -0.2) is 4.79 Å². The highest BCUT2D eigenvalue weighted by molar-refractivity contribution is 5.94. The van der Waals surface area contributed by atoms with Gasteiger partial charge in [-0.05, 0) is 36.5 Å². The van der Waals surface area contributed by atoms with E-state index in [0.29, 0.717) is 5.56 Å². The number of carboxylic acid groups (broad SMARTS) is 3. The fraction of sp³-hybridized carbons (Fsp3) is 0.500. The van der Waals surface area contributed by atoms with E-state index in [1.807, 2.05) is 0 Å². The van der Waals surface area contributed by atoms with Crippen molar-refractivity contribution in [2.75, 3.05) is 0 Å². The molecule has 0 fully saturated rings. The van der Waals surface area contributed by atoms with Crippen molar-refractivity contribution >= 4 is 35.6 Å². The minimum absolute atomic E-state index is 0.0260. The number of hydrogen-bond donors (Lipinski definition) is 8. The van der Waals surface area contributed by atoms with Gasteiger partial charge in [0.15, 0.2) is 0 Å². The van der Waals surface area contributed by atoms with Crippen LogP contribution in [-0.4, -0.2) is 80.2 Å². The van der Waals surface area contributed by atoms with E-state index in [1.165, 1.54) is 24.3 Å². The zero-order valence-corrected chi connectivity index (χ0v) is 21.0. The Morgan fingerprint density at radius 2 is 1.29 bits per heavy atom. The van der Waals surface area contributed by atoms with Gasteiger partial charge in [-0.2, -0.15) is 0 Å². The third-order valence-electron chi connectivity index (χ3n) is 5.52. The molecule has 210 valence electrons. The highest BCUT2D eigenvalue weighted by Crippen LogP contribution is 2.13. The van der Waals surface area contributed by atoms with Gasteiger partial charge in [0, 0.05) is 19.3 Å². The number of aliphatic carboxylic acids is 3. The Bertz CT molecular complexity index is 1010. The zero-order chi connectivity index (χ0) is 29.0. The maximum Gasteiger partial charge on any atom is 0.326 e. The first-order chi connectivity index (χ1) is 17.7. The van der Waals surface area contributed by atoms with Crippen molar-refractivity contribution in [1.29, 1.82) is 0 Å². The standard InChI is InChI=1S/C24H34N4O10/c1-12(2)20(23(36)26-16(24(37)38)8-10-19(32)33)28-22(35)17(11-13-3-5-14(29)6-4-13)27-21(34)15(25)7-9-18(30)31/h3-6,12,15-17,20,29H,7-11,25H2,1-2H3,(H,26,36)(H,27,34)(H,28,35)(H,30,31)(H,32,33)(H,37,38). The first-order valence-electron chi connectivity index (χ1n) is 11.8. The summed E-state index contributed by atoms with van der Waals surface area (Å²) in [7, 11) is 0. The molecule has 0 radical (unpaired) electrons. The van der Waals surface area contributed by atoms with E-state index in [-0.39, 0.29) is 31.4 Å². The molecule has 9 N–H and O–H groups in total. The first-order valence-corrected chi connectivity index (χ1v) is 11.8. The lowest BCUT2D eigenvalue weighted by molar-refractivity contribution is -0.144. The molecule has 0 spiro atoms. The minimum atomic E-state index is -1.50. The fourth-order valence-corrected chi connectivity index (χ4v) is 3.34. The summed E-state index contributed by atoms with van der Waals surface area (Å²) in [5.74, 6) is -6.86. The molecule has 0 aliphatic carbocycles. The van der Waals surface area contributed by atoms with Crippen LogP contribution in [0.4, 0.5) is 0 Å². The average molecular weight is 539 g/mol. The molecule has 1 aromatic rings. The highest BCUT2D eigenvalue weighted by atomic mass is 16.4. The molecular formula is C24H34N4O10. The second-order valence-corrected chi connectivity index (χ2v) is 9.03. The molecule has 1 rings (SSSR count). The van der Waals surface area contributed by atoms with Crippen LogP contribution in [0, 0.1) is 5.92 Å². The number of carbonyl (C=O) groups excluding carboxylic acids is 3. The second-order valence-electron chi connectivity index (χ2n) is 9.03. The maximum absolute atomic E-state index is 13.2. The van der Waals surface area contributed by atoms with Crippen molar-refractivity contribution in [1.82, 2.24) is 16.0 Å². The van der Waals surface area contributed by atoms with E-state index in [1.54, 1.807) is 13.8 Å². The molecule has 14 heteroatoms. The number of amides is 3. The molecule has 0 aliphatic rings. The molecule has 1 aromatic carbocycles. The average Bonchev–Trinajstić information content (AvgIpc) is 2.83. The Labute approximate surface area is 218 Å². The molecule has 4 atom stereocenters. The smallest absolute Gasteiger partial charge is 0.326 e. The van der Waals surface area contributed by atoms with E-state index in [0.717, 1.165) is 0 Å². The number of phenols is 1. The predicted octanol–water partition coefficient (Wildman–Crippen LogP) is -0.813. The van der Waals surface area contributed by atoms with Crippen LogP contribution in [0.1, 0.15) is 45.1 Å². The summed E-state index contributed by atoms with van der Waals surface area (Å²) in [4.78, 5) is 71.7. The van der Waals surface area contributed by atoms with Crippen LogP contribution in [0.15, 0.2) is 24.3 Å². The Morgan fingerprint density at radius 3 is 1.79 bits per heavy atom. The number of rotatable bonds is 16. The van der Waals surface area contributed by atoms with Crippen LogP contribution in [-0.2, 0) is 35.2 Å². The van der Waals surface area contributed by atoms with Gasteiger partial charge in [0.25, 0.3) is 0 Å². The van der Waals surface area contributed by atoms with Gasteiger partial charge in [-0.3, -0.25) is 24.0 Å². The summed E-state index contributed by atoms with van der Waals surface area (Å²) < 4.78 is 0. The summed E-state index contributed by atoms with van der Waals surface area (Å²) >= 11 is 0. The number of benzene rings is 1. The van der Waals surface area contributed by atoms with Crippen molar-refractivity contribution in [2.24, 2.45) is 11.7 Å². The van der Waals surface area contributed by atoms with Crippen LogP contribution >= 0.6 is 0 Å². The van der Waals surface area contributed by atoms with Crippen LogP contribution in [0.2, 0.25) is 0 Å². The quantitative estimate of drug-likeness (QED) is 0.129. The van der Waals surface area contributed by atoms with Crippen molar-refractivity contribution < 1.29 is 49.2 Å². The molecule has 38 heavy (non-hydrogen) atoms. The molecule has 0 aromatic heterocycles. The van der Waals surface area contributed by atoms with Crippen molar-refractivity contribution in [3.63, 3.8) is 0 Å². The molecule has 0 aliphatic heterocycles. The van der Waals surface area contributed by atoms with Gasteiger partial charge < -0.3 is 42.1 Å². The molecule has 0 saturated carbocycles. The number of nitrogens with one attached hydrogen (secondary N) is 3. The topological polar surface area (TPSA) is 245 Å². The van der Waals surface area contributed by atoms with Crippen molar-refractivity contribution in [3.05, 3.63) is 29.8 Å². The lowest BCUT2D eigenvalue weighted by Gasteiger charge is -2.27. The lowest BCUT2D eigenvalue weighted by Crippen LogP contribution is -2.59. The molecule has 4 unspecified atom stereocenters. The fourth-order valence-electron chi connectivity index (χ4n) is 3.34. The number of carbonyl (C=O) groups is 6. The van der Waals surface area contributed by atoms with Crippen molar-refractivity contribution in [2.45, 2.75) is 70.1 Å². The number of carboxylic acids is 3. The number of aromatic hydroxyl groups is 1. The minimum Gasteiger partial charge on any atom is -0.508 e. The summed E-state index contributed by atoms with van der Waals surface area (Å²) in [6.07, 6.45) is -1.50. The van der Waals surface area contributed by atoms with Gasteiger partial charge in [0.05, 0.1) is 6.04 Å². The summed E-state index contributed by atoms with van der Waals surface area (Å²) in [6.45, 7) is 3.18. The Hall–Kier alpha value is -4.20. The molecule has 14 nitrogen and oxygen atoms in total. The van der Waals surface area contributed by atoms with E-state index >= 15 is 0 Å². The van der Waals surface area contributed by atoms with Gasteiger partial charge in [-0.15, -0.1) is 0 Å². The van der Waals surface area contributed by atoms with Crippen LogP contribution in [0.3, 0.4) is 0 Å². The number of phenolic OH excluding ortho intramolecular Hbond substituents is 1. The molecule has 0 saturated heterocycles. The van der Waals surface area contributed by atoms with E-state index in [9.17, 15) is 39.0 Å². The van der Waals surface area contributed by atoms with Gasteiger partial charge >= 0.3 is 17.9 Å². The molecule has 0 bridgehead atoms. The van der Waals surface area contributed by atoms with Gasteiger partial charge in [0.2, 0.25) is 17.7 Å². The normalized spacial score (nSPS) is 14.0. The summed E-state index contributed by atoms with van der Waals surface area (Å²) in [6, 6.07) is 0.536. The van der Waals surface area contributed by atoms with Gasteiger partial charge in [0.1, 0.15) is 23.9 Å². The van der Waals surface area contributed by atoms with Crippen LogP contribution in [0.5, 0.6) is 5.75 Å². The van der Waals surface area contributed by atoms with Crippen LogP contribution in [0.25, 0.3) is 0 Å². The van der Waals surface area contributed by atoms with E-state index in [2.05, 4.69) is 16.0 Å². The van der Waals surface area contributed by atoms with Crippen LogP contribution < -0.4 is 21.7 Å². The number of hydrogen-bond acceptors (Lipinski definition) is 8. The zero-order valence-electron chi connectivity index (χ0n) is 21.0. The second kappa shape index (κ2) is 15.1. The summed E-state index contributed by atoms with van der Waals surface area (Å²) in [5, 5.41) is 43.7. The monoisotopic (exact) mass is 538 g/mol. The maximum atomic E-state index is 13.2. The van der Waals surface area contributed by atoms with Crippen molar-refractivity contribution in [3.8, 4) is 5.75 Å². The lowest BCUT2D eigenvalue weighted by atomic mass is 10.00. The molecule has 3 amide bonds. The predicted molar refractivity (Wildman–Crippen MR) is 132 cm³/mol. The Morgan fingerprint density at radius 1 is 0.763 bits per heavy atom. The van der Waals surface area contributed by atoms with E-state index in [4.69, 9.17) is 15.9 Å². The summed E-state index contributed by atoms with van der Waals surface area (Å²) in [5.41, 5.74) is 6.29. The SMILES string of the molecule is CC(C)C(NC(=O)C(Cc1ccc(O)cc1)NC(=O)C(N)CCC(=O)O)C(=O)NC(CCC(=O)O)C(=O)O. The van der Waals surface area contributed by atoms with E-state index < -0.39 is 72.1 Å². The van der Waals surface area contributed by atoms with Gasteiger partial charge in [-0.1, -0.05) is 26.0 Å². The molecular weight excluding hydrogens is 504 g/mol. The largest absolute Gasteiger partial charge is 0.508 e. The Kier molecular flexibility index (Phi) is 12.7.